The van der Waals surface area contributed by atoms with Crippen LogP contribution in [0.25, 0.3) is 0 Å². The van der Waals surface area contributed by atoms with Crippen molar-refractivity contribution in [3.63, 3.8) is 0 Å². The van der Waals surface area contributed by atoms with Gasteiger partial charge in [0.05, 0.1) is 12.7 Å². The van der Waals surface area contributed by atoms with E-state index < -0.39 is 6.10 Å². The Morgan fingerprint density at radius 3 is 2.35 bits per heavy atom. The third kappa shape index (κ3) is 4.50. The molecule has 0 saturated heterocycles. The van der Waals surface area contributed by atoms with Crippen LogP contribution in [0.3, 0.4) is 0 Å². The zero-order valence-electron chi connectivity index (χ0n) is 12.9. The molecule has 0 heterocycles. The van der Waals surface area contributed by atoms with Crippen molar-refractivity contribution in [2.45, 2.75) is 45.8 Å². The smallest absolute Gasteiger partial charge is 0.119 e. The fourth-order valence-electron chi connectivity index (χ4n) is 2.56. The van der Waals surface area contributed by atoms with Gasteiger partial charge in [-0.15, -0.1) is 0 Å². The maximum absolute atomic E-state index is 10.4. The summed E-state index contributed by atoms with van der Waals surface area (Å²) in [5, 5.41) is 10.4. The molecule has 3 heteroatoms. The van der Waals surface area contributed by atoms with E-state index in [-0.39, 0.29) is 0 Å². The predicted octanol–water partition coefficient (Wildman–Crippen LogP) is 3.24. The largest absolute Gasteiger partial charge is 0.494 e. The van der Waals surface area contributed by atoms with Crippen LogP contribution >= 0.6 is 0 Å². The molecule has 2 rings (SSSR count). The van der Waals surface area contributed by atoms with Crippen LogP contribution in [0.2, 0.25) is 0 Å². The SMILES string of the molecule is CCOc1ccc(C(O)CN(CC(C)C)C2CC2)cc1. The van der Waals surface area contributed by atoms with E-state index in [1.165, 1.54) is 12.8 Å². The highest BCUT2D eigenvalue weighted by Crippen LogP contribution is 2.29. The summed E-state index contributed by atoms with van der Waals surface area (Å²) in [5.41, 5.74) is 0.975. The fraction of sp³-hybridized carbons (Fsp3) is 0.647. The highest BCUT2D eigenvalue weighted by Gasteiger charge is 2.30. The number of aliphatic hydroxyl groups is 1. The molecule has 0 radical (unpaired) electrons. The van der Waals surface area contributed by atoms with E-state index in [0.29, 0.717) is 18.6 Å². The summed E-state index contributed by atoms with van der Waals surface area (Å²) in [6.45, 7) is 8.92. The van der Waals surface area contributed by atoms with Crippen molar-refractivity contribution >= 4 is 0 Å². The van der Waals surface area contributed by atoms with Crippen LogP contribution in [0.4, 0.5) is 0 Å². The van der Waals surface area contributed by atoms with Crippen molar-refractivity contribution in [2.75, 3.05) is 19.7 Å². The Morgan fingerprint density at radius 2 is 1.85 bits per heavy atom. The van der Waals surface area contributed by atoms with E-state index in [9.17, 15) is 5.11 Å². The summed E-state index contributed by atoms with van der Waals surface area (Å²) in [4.78, 5) is 2.44. The minimum absolute atomic E-state index is 0.412. The molecule has 3 nitrogen and oxygen atoms in total. The van der Waals surface area contributed by atoms with Crippen molar-refractivity contribution in [3.05, 3.63) is 29.8 Å². The normalized spacial score (nSPS) is 16.7. The first-order valence-electron chi connectivity index (χ1n) is 7.75. The lowest BCUT2D eigenvalue weighted by Crippen LogP contribution is -2.33. The monoisotopic (exact) mass is 277 g/mol. The van der Waals surface area contributed by atoms with E-state index in [0.717, 1.165) is 24.4 Å². The molecule has 1 N–H and O–H groups in total. The lowest BCUT2D eigenvalue weighted by Gasteiger charge is -2.26. The highest BCUT2D eigenvalue weighted by atomic mass is 16.5. The Hall–Kier alpha value is -1.06. The lowest BCUT2D eigenvalue weighted by molar-refractivity contribution is 0.101. The first kappa shape index (κ1) is 15.3. The van der Waals surface area contributed by atoms with Gasteiger partial charge in [0.2, 0.25) is 0 Å². The van der Waals surface area contributed by atoms with Gasteiger partial charge in [-0.05, 0) is 43.4 Å². The van der Waals surface area contributed by atoms with Crippen molar-refractivity contribution in [1.82, 2.24) is 4.90 Å². The van der Waals surface area contributed by atoms with Crippen molar-refractivity contribution in [2.24, 2.45) is 5.92 Å². The number of hydrogen-bond donors (Lipinski definition) is 1. The van der Waals surface area contributed by atoms with Gasteiger partial charge in [-0.25, -0.2) is 0 Å². The zero-order chi connectivity index (χ0) is 14.5. The molecule has 112 valence electrons. The van der Waals surface area contributed by atoms with Gasteiger partial charge in [0.1, 0.15) is 5.75 Å². The van der Waals surface area contributed by atoms with Gasteiger partial charge in [-0.2, -0.15) is 0 Å². The van der Waals surface area contributed by atoms with Crippen LogP contribution in [-0.4, -0.2) is 35.7 Å². The summed E-state index contributed by atoms with van der Waals surface area (Å²) in [7, 11) is 0. The molecule has 1 aliphatic carbocycles. The molecule has 1 fully saturated rings. The maximum atomic E-state index is 10.4. The zero-order valence-corrected chi connectivity index (χ0v) is 12.9. The minimum atomic E-state index is -0.412. The molecular weight excluding hydrogens is 250 g/mol. The third-order valence-electron chi connectivity index (χ3n) is 3.65. The Bertz CT molecular complexity index is 398. The van der Waals surface area contributed by atoms with E-state index in [4.69, 9.17) is 4.74 Å². The number of ether oxygens (including phenoxy) is 1. The molecule has 1 atom stereocenters. The second-order valence-corrected chi connectivity index (χ2v) is 6.10. The molecule has 0 aliphatic heterocycles. The average Bonchev–Trinajstić information content (AvgIpc) is 3.23. The molecule has 1 aromatic carbocycles. The summed E-state index contributed by atoms with van der Waals surface area (Å²) < 4.78 is 5.43. The van der Waals surface area contributed by atoms with E-state index >= 15 is 0 Å². The van der Waals surface area contributed by atoms with Crippen LogP contribution in [0.5, 0.6) is 5.75 Å². The summed E-state index contributed by atoms with van der Waals surface area (Å²) in [5.74, 6) is 1.51. The molecule has 0 bridgehead atoms. The fourth-order valence-corrected chi connectivity index (χ4v) is 2.56. The molecule has 1 unspecified atom stereocenters. The van der Waals surface area contributed by atoms with Crippen LogP contribution in [0.1, 0.15) is 45.3 Å². The predicted molar refractivity (Wildman–Crippen MR) is 82.0 cm³/mol. The summed E-state index contributed by atoms with van der Waals surface area (Å²) in [6, 6.07) is 8.50. The molecule has 1 aliphatic rings. The second-order valence-electron chi connectivity index (χ2n) is 6.10. The van der Waals surface area contributed by atoms with Gasteiger partial charge < -0.3 is 9.84 Å². The van der Waals surface area contributed by atoms with Crippen LogP contribution < -0.4 is 4.74 Å². The molecule has 1 saturated carbocycles. The molecule has 0 amide bonds. The first-order chi connectivity index (χ1) is 9.60. The van der Waals surface area contributed by atoms with E-state index in [2.05, 4.69) is 18.7 Å². The molecule has 20 heavy (non-hydrogen) atoms. The van der Waals surface area contributed by atoms with Crippen LogP contribution in [-0.2, 0) is 0 Å². The summed E-state index contributed by atoms with van der Waals surface area (Å²) >= 11 is 0. The standard InChI is InChI=1S/C17H27NO2/c1-4-20-16-9-5-14(6-10-16)17(19)12-18(11-13(2)3)15-7-8-15/h5-6,9-10,13,15,17,19H,4,7-8,11-12H2,1-3H3. The van der Waals surface area contributed by atoms with Crippen molar-refractivity contribution < 1.29 is 9.84 Å². The Labute approximate surface area is 122 Å². The highest BCUT2D eigenvalue weighted by molar-refractivity contribution is 5.28. The van der Waals surface area contributed by atoms with Gasteiger partial charge in [-0.1, -0.05) is 26.0 Å². The molecule has 1 aromatic rings. The van der Waals surface area contributed by atoms with Crippen LogP contribution in [0.15, 0.2) is 24.3 Å². The quantitative estimate of drug-likeness (QED) is 0.792. The van der Waals surface area contributed by atoms with Crippen LogP contribution in [0, 0.1) is 5.92 Å². The topological polar surface area (TPSA) is 32.7 Å². The van der Waals surface area contributed by atoms with E-state index in [1.807, 2.05) is 31.2 Å². The lowest BCUT2D eigenvalue weighted by atomic mass is 10.1. The number of nitrogens with zero attached hydrogens (tertiary/aromatic N) is 1. The van der Waals surface area contributed by atoms with Gasteiger partial charge in [0.25, 0.3) is 0 Å². The molecule has 0 aromatic heterocycles. The Balaban J connectivity index is 1.93. The third-order valence-corrected chi connectivity index (χ3v) is 3.65. The van der Waals surface area contributed by atoms with Crippen molar-refractivity contribution in [3.8, 4) is 5.75 Å². The van der Waals surface area contributed by atoms with Crippen molar-refractivity contribution in [1.29, 1.82) is 0 Å². The maximum Gasteiger partial charge on any atom is 0.119 e. The molecule has 0 spiro atoms. The van der Waals surface area contributed by atoms with Gasteiger partial charge in [0.15, 0.2) is 0 Å². The summed E-state index contributed by atoms with van der Waals surface area (Å²) in [6.07, 6.45) is 2.15. The van der Waals surface area contributed by atoms with Gasteiger partial charge >= 0.3 is 0 Å². The molecular formula is C17H27NO2. The first-order valence-corrected chi connectivity index (χ1v) is 7.75. The van der Waals surface area contributed by atoms with Gasteiger partial charge in [-0.3, -0.25) is 4.90 Å². The second kappa shape index (κ2) is 7.09. The Morgan fingerprint density at radius 1 is 1.20 bits per heavy atom. The number of benzene rings is 1. The van der Waals surface area contributed by atoms with E-state index in [1.54, 1.807) is 0 Å². The number of hydrogen-bond acceptors (Lipinski definition) is 3. The van der Waals surface area contributed by atoms with Gasteiger partial charge in [0, 0.05) is 19.1 Å². The Kier molecular flexibility index (Phi) is 5.44. The number of rotatable bonds is 8. The minimum Gasteiger partial charge on any atom is -0.494 e. The average molecular weight is 277 g/mol. The number of aliphatic hydroxyl groups excluding tert-OH is 1.